The maximum Gasteiger partial charge on any atom is 0.220 e. The number of hydrogen-bond donors (Lipinski definition) is 2. The van der Waals surface area contributed by atoms with Gasteiger partial charge < -0.3 is 15.8 Å². The van der Waals surface area contributed by atoms with Crippen LogP contribution in [0.25, 0.3) is 0 Å². The lowest BCUT2D eigenvalue weighted by Gasteiger charge is -2.16. The Morgan fingerprint density at radius 3 is 2.83 bits per heavy atom. The normalized spacial score (nSPS) is 20.0. The van der Waals surface area contributed by atoms with Gasteiger partial charge in [-0.05, 0) is 43.7 Å². The van der Waals surface area contributed by atoms with Gasteiger partial charge >= 0.3 is 0 Å². The second-order valence-electron chi connectivity index (χ2n) is 6.30. The third-order valence-corrected chi connectivity index (χ3v) is 4.33. The number of aryl methyl sites for hydroxylation is 1. The maximum atomic E-state index is 12.1. The van der Waals surface area contributed by atoms with Crippen LogP contribution in [0.5, 0.6) is 5.75 Å². The molecule has 0 unspecified atom stereocenters. The SMILES string of the molecule is CCCOc1cc(C)ccc1CNC(=O)C[C@@H]1CCC[C@H]1N.Cl. The van der Waals surface area contributed by atoms with Crippen LogP contribution in [0.2, 0.25) is 0 Å². The molecule has 4 nitrogen and oxygen atoms in total. The summed E-state index contributed by atoms with van der Waals surface area (Å²) in [5, 5.41) is 3.01. The number of amides is 1. The number of carbonyl (C=O) groups is 1. The highest BCUT2D eigenvalue weighted by molar-refractivity contribution is 5.85. The molecule has 0 bridgehead atoms. The Morgan fingerprint density at radius 1 is 1.39 bits per heavy atom. The zero-order valence-electron chi connectivity index (χ0n) is 14.1. The first-order valence-corrected chi connectivity index (χ1v) is 8.34. The summed E-state index contributed by atoms with van der Waals surface area (Å²) in [5.41, 5.74) is 8.23. The molecule has 0 saturated heterocycles. The smallest absolute Gasteiger partial charge is 0.220 e. The molecular formula is C18H29ClN2O2. The van der Waals surface area contributed by atoms with Crippen molar-refractivity contribution in [2.24, 2.45) is 11.7 Å². The molecule has 0 aliphatic heterocycles. The molecule has 1 aliphatic rings. The van der Waals surface area contributed by atoms with Crippen LogP contribution < -0.4 is 15.8 Å². The highest BCUT2D eigenvalue weighted by Gasteiger charge is 2.25. The predicted octanol–water partition coefficient (Wildman–Crippen LogP) is 3.34. The van der Waals surface area contributed by atoms with Gasteiger partial charge in [0.25, 0.3) is 0 Å². The van der Waals surface area contributed by atoms with Gasteiger partial charge in [-0.2, -0.15) is 0 Å². The van der Waals surface area contributed by atoms with E-state index in [1.165, 1.54) is 0 Å². The zero-order valence-corrected chi connectivity index (χ0v) is 15.0. The van der Waals surface area contributed by atoms with E-state index in [2.05, 4.69) is 12.2 Å². The van der Waals surface area contributed by atoms with Gasteiger partial charge in [0.15, 0.2) is 0 Å². The molecule has 1 amide bonds. The second-order valence-corrected chi connectivity index (χ2v) is 6.30. The predicted molar refractivity (Wildman–Crippen MR) is 96.0 cm³/mol. The van der Waals surface area contributed by atoms with E-state index in [0.29, 0.717) is 25.5 Å². The molecule has 1 saturated carbocycles. The fraction of sp³-hybridized carbons (Fsp3) is 0.611. The second kappa shape index (κ2) is 9.78. The molecule has 2 atom stereocenters. The van der Waals surface area contributed by atoms with Crippen LogP contribution in [0.3, 0.4) is 0 Å². The maximum absolute atomic E-state index is 12.1. The highest BCUT2D eigenvalue weighted by atomic mass is 35.5. The molecule has 130 valence electrons. The Morgan fingerprint density at radius 2 is 2.17 bits per heavy atom. The van der Waals surface area contributed by atoms with Crippen LogP contribution in [0.1, 0.15) is 50.2 Å². The number of nitrogens with one attached hydrogen (secondary N) is 1. The Bertz CT molecular complexity index is 508. The lowest BCUT2D eigenvalue weighted by atomic mass is 10.00. The number of hydrogen-bond acceptors (Lipinski definition) is 3. The van der Waals surface area contributed by atoms with Crippen LogP contribution in [-0.4, -0.2) is 18.6 Å². The molecule has 1 aliphatic carbocycles. The van der Waals surface area contributed by atoms with Crippen molar-refractivity contribution in [3.63, 3.8) is 0 Å². The molecule has 3 N–H and O–H groups in total. The van der Waals surface area contributed by atoms with Gasteiger partial charge in [0.05, 0.1) is 6.61 Å². The van der Waals surface area contributed by atoms with Crippen LogP contribution in [0.4, 0.5) is 0 Å². The number of rotatable bonds is 7. The number of benzene rings is 1. The minimum atomic E-state index is 0. The molecule has 0 aromatic heterocycles. The Labute approximate surface area is 145 Å². The minimum Gasteiger partial charge on any atom is -0.493 e. The number of ether oxygens (including phenoxy) is 1. The topological polar surface area (TPSA) is 64.3 Å². The zero-order chi connectivity index (χ0) is 15.9. The average molecular weight is 341 g/mol. The van der Waals surface area contributed by atoms with Crippen molar-refractivity contribution in [2.75, 3.05) is 6.61 Å². The summed E-state index contributed by atoms with van der Waals surface area (Å²) in [4.78, 5) is 12.1. The van der Waals surface area contributed by atoms with E-state index in [-0.39, 0.29) is 24.4 Å². The molecule has 23 heavy (non-hydrogen) atoms. The van der Waals surface area contributed by atoms with Gasteiger partial charge in [-0.3, -0.25) is 4.79 Å². The molecule has 0 heterocycles. The van der Waals surface area contributed by atoms with Crippen molar-refractivity contribution in [1.82, 2.24) is 5.32 Å². The summed E-state index contributed by atoms with van der Waals surface area (Å²) in [6.45, 7) is 5.34. The van der Waals surface area contributed by atoms with E-state index in [0.717, 1.165) is 42.6 Å². The monoisotopic (exact) mass is 340 g/mol. The van der Waals surface area contributed by atoms with Crippen LogP contribution in [0, 0.1) is 12.8 Å². The van der Waals surface area contributed by atoms with Gasteiger partial charge in [0.1, 0.15) is 5.75 Å². The van der Waals surface area contributed by atoms with Crippen molar-refractivity contribution in [3.05, 3.63) is 29.3 Å². The molecule has 1 aromatic rings. The summed E-state index contributed by atoms with van der Waals surface area (Å²) in [7, 11) is 0. The standard InChI is InChI=1S/C18H28N2O2.ClH/c1-3-9-22-17-10-13(2)7-8-15(17)12-20-18(21)11-14-5-4-6-16(14)19;/h7-8,10,14,16H,3-6,9,11-12,19H2,1-2H3,(H,20,21);1H/t14-,16+;/m0./s1. The summed E-state index contributed by atoms with van der Waals surface area (Å²) in [5.74, 6) is 1.30. The largest absolute Gasteiger partial charge is 0.493 e. The van der Waals surface area contributed by atoms with Gasteiger partial charge in [-0.1, -0.05) is 25.5 Å². The molecule has 0 spiro atoms. The van der Waals surface area contributed by atoms with Crippen LogP contribution in [-0.2, 0) is 11.3 Å². The van der Waals surface area contributed by atoms with Gasteiger partial charge in [-0.25, -0.2) is 0 Å². The summed E-state index contributed by atoms with van der Waals surface area (Å²) in [6, 6.07) is 6.30. The van der Waals surface area contributed by atoms with Crippen molar-refractivity contribution >= 4 is 18.3 Å². The first kappa shape index (κ1) is 19.8. The van der Waals surface area contributed by atoms with E-state index in [9.17, 15) is 4.79 Å². The summed E-state index contributed by atoms with van der Waals surface area (Å²) >= 11 is 0. The van der Waals surface area contributed by atoms with Gasteiger partial charge in [0.2, 0.25) is 5.91 Å². The Hall–Kier alpha value is -1.26. The number of carbonyl (C=O) groups excluding carboxylic acids is 1. The molecule has 1 aromatic carbocycles. The van der Waals surface area contributed by atoms with E-state index in [1.54, 1.807) is 0 Å². The van der Waals surface area contributed by atoms with Crippen LogP contribution in [0.15, 0.2) is 18.2 Å². The molecular weight excluding hydrogens is 312 g/mol. The first-order chi connectivity index (χ1) is 10.6. The Kier molecular flexibility index (Phi) is 8.42. The van der Waals surface area contributed by atoms with E-state index in [1.807, 2.05) is 25.1 Å². The Balaban J connectivity index is 0.00000264. The first-order valence-electron chi connectivity index (χ1n) is 8.34. The molecule has 1 fully saturated rings. The van der Waals surface area contributed by atoms with E-state index >= 15 is 0 Å². The summed E-state index contributed by atoms with van der Waals surface area (Å²) < 4.78 is 5.78. The molecule has 2 rings (SSSR count). The fourth-order valence-electron chi connectivity index (χ4n) is 2.98. The fourth-order valence-corrected chi connectivity index (χ4v) is 2.98. The third-order valence-electron chi connectivity index (χ3n) is 4.33. The number of nitrogens with two attached hydrogens (primary N) is 1. The van der Waals surface area contributed by atoms with E-state index < -0.39 is 0 Å². The van der Waals surface area contributed by atoms with Crippen molar-refractivity contribution < 1.29 is 9.53 Å². The highest BCUT2D eigenvalue weighted by Crippen LogP contribution is 2.27. The van der Waals surface area contributed by atoms with Crippen molar-refractivity contribution in [1.29, 1.82) is 0 Å². The van der Waals surface area contributed by atoms with Crippen molar-refractivity contribution in [2.45, 2.75) is 58.5 Å². The lowest BCUT2D eigenvalue weighted by molar-refractivity contribution is -0.122. The quantitative estimate of drug-likeness (QED) is 0.800. The van der Waals surface area contributed by atoms with Gasteiger partial charge in [-0.15, -0.1) is 12.4 Å². The summed E-state index contributed by atoms with van der Waals surface area (Å²) in [6.07, 6.45) is 4.78. The molecule has 0 radical (unpaired) electrons. The minimum absolute atomic E-state index is 0. The third kappa shape index (κ3) is 6.04. The lowest BCUT2D eigenvalue weighted by Crippen LogP contribution is -2.31. The van der Waals surface area contributed by atoms with Crippen LogP contribution >= 0.6 is 12.4 Å². The van der Waals surface area contributed by atoms with E-state index in [4.69, 9.17) is 10.5 Å². The van der Waals surface area contributed by atoms with Gasteiger partial charge in [0, 0.05) is 24.6 Å². The number of halogens is 1. The molecule has 5 heteroatoms. The van der Waals surface area contributed by atoms with Crippen molar-refractivity contribution in [3.8, 4) is 5.75 Å². The average Bonchev–Trinajstić information content (AvgIpc) is 2.89.